The first-order chi connectivity index (χ1) is 9.59. The molecule has 0 unspecified atom stereocenters. The Morgan fingerprint density at radius 1 is 1.30 bits per heavy atom. The van der Waals surface area contributed by atoms with Crippen LogP contribution < -0.4 is 0 Å². The summed E-state index contributed by atoms with van der Waals surface area (Å²) in [7, 11) is 0. The van der Waals surface area contributed by atoms with Crippen LogP contribution in [-0.2, 0) is 4.79 Å². The molecule has 20 heavy (non-hydrogen) atoms. The Hall–Kier alpha value is -1.57. The van der Waals surface area contributed by atoms with E-state index in [1.807, 2.05) is 6.07 Å². The van der Waals surface area contributed by atoms with Gasteiger partial charge in [0.25, 0.3) is 0 Å². The average Bonchev–Trinajstić information content (AvgIpc) is 2.74. The molecule has 4 rings (SSSR count). The fraction of sp³-hybridized carbons (Fsp3) is 0.500. The molecule has 4 atom stereocenters. The fourth-order valence-electron chi connectivity index (χ4n) is 4.86. The van der Waals surface area contributed by atoms with Gasteiger partial charge in [0.15, 0.2) is 0 Å². The minimum atomic E-state index is -0.0834. The Morgan fingerprint density at radius 2 is 2.15 bits per heavy atom. The third-order valence-electron chi connectivity index (χ3n) is 6.01. The quantitative estimate of drug-likeness (QED) is 0.775. The van der Waals surface area contributed by atoms with Gasteiger partial charge in [-0.25, -0.2) is 0 Å². The maximum atomic E-state index is 12.2. The number of rotatable bonds is 0. The van der Waals surface area contributed by atoms with Gasteiger partial charge >= 0.3 is 0 Å². The SMILES string of the molecule is C[C@]12CC[C@@H]3c4ccc(O)cc4C=C[C@@H]3[C@H]1CCC2=O. The molecule has 0 spiro atoms. The molecule has 0 aliphatic heterocycles. The minimum Gasteiger partial charge on any atom is -0.508 e. The monoisotopic (exact) mass is 268 g/mol. The number of fused-ring (bicyclic) bond motifs is 5. The third-order valence-corrected chi connectivity index (χ3v) is 6.01. The van der Waals surface area contributed by atoms with Crippen molar-refractivity contribution in [2.45, 2.75) is 38.5 Å². The molecule has 3 aliphatic rings. The highest BCUT2D eigenvalue weighted by Crippen LogP contribution is 2.58. The van der Waals surface area contributed by atoms with Gasteiger partial charge in [-0.1, -0.05) is 25.1 Å². The first-order valence-electron chi connectivity index (χ1n) is 7.64. The number of benzene rings is 1. The number of Topliss-reactive ketones (excluding diaryl/α,β-unsaturated/α-hetero) is 1. The van der Waals surface area contributed by atoms with Crippen LogP contribution in [0.4, 0.5) is 0 Å². The maximum Gasteiger partial charge on any atom is 0.139 e. The van der Waals surface area contributed by atoms with Gasteiger partial charge in [0, 0.05) is 11.8 Å². The number of ketones is 1. The topological polar surface area (TPSA) is 37.3 Å². The van der Waals surface area contributed by atoms with E-state index >= 15 is 0 Å². The second-order valence-electron chi connectivity index (χ2n) is 6.88. The molecule has 2 nitrogen and oxygen atoms in total. The smallest absolute Gasteiger partial charge is 0.139 e. The summed E-state index contributed by atoms with van der Waals surface area (Å²) in [4.78, 5) is 12.2. The molecule has 0 saturated heterocycles. The van der Waals surface area contributed by atoms with Crippen molar-refractivity contribution in [3.63, 3.8) is 0 Å². The highest BCUT2D eigenvalue weighted by atomic mass is 16.3. The lowest BCUT2D eigenvalue weighted by molar-refractivity contribution is -0.128. The lowest BCUT2D eigenvalue weighted by Crippen LogP contribution is -2.40. The molecular formula is C18H20O2. The molecule has 0 bridgehead atoms. The van der Waals surface area contributed by atoms with E-state index in [0.29, 0.717) is 29.3 Å². The van der Waals surface area contributed by atoms with Crippen molar-refractivity contribution < 1.29 is 9.90 Å². The molecule has 1 N–H and O–H groups in total. The van der Waals surface area contributed by atoms with Crippen LogP contribution in [0.2, 0.25) is 0 Å². The Bertz CT molecular complexity index is 616. The van der Waals surface area contributed by atoms with E-state index in [9.17, 15) is 9.90 Å². The molecule has 104 valence electrons. The summed E-state index contributed by atoms with van der Waals surface area (Å²) in [6, 6.07) is 5.73. The van der Waals surface area contributed by atoms with Gasteiger partial charge in [0.05, 0.1) is 0 Å². The van der Waals surface area contributed by atoms with Crippen LogP contribution in [0.15, 0.2) is 24.3 Å². The third kappa shape index (κ3) is 1.48. The van der Waals surface area contributed by atoms with Crippen molar-refractivity contribution in [2.75, 3.05) is 0 Å². The maximum absolute atomic E-state index is 12.2. The van der Waals surface area contributed by atoms with Gasteiger partial charge < -0.3 is 5.11 Å². The van der Waals surface area contributed by atoms with Crippen LogP contribution in [0.25, 0.3) is 6.08 Å². The summed E-state index contributed by atoms with van der Waals surface area (Å²) in [6.07, 6.45) is 8.37. The number of phenolic OH excluding ortho intramolecular Hbond substituents is 1. The molecule has 0 heterocycles. The van der Waals surface area contributed by atoms with E-state index in [-0.39, 0.29) is 5.41 Å². The summed E-state index contributed by atoms with van der Waals surface area (Å²) in [5.74, 6) is 2.35. The highest BCUT2D eigenvalue weighted by molar-refractivity contribution is 5.87. The van der Waals surface area contributed by atoms with E-state index in [2.05, 4.69) is 25.1 Å². The predicted octanol–water partition coefficient (Wildman–Crippen LogP) is 3.90. The van der Waals surface area contributed by atoms with Crippen molar-refractivity contribution in [3.05, 3.63) is 35.4 Å². The van der Waals surface area contributed by atoms with E-state index in [4.69, 9.17) is 0 Å². The van der Waals surface area contributed by atoms with Crippen LogP contribution >= 0.6 is 0 Å². The molecule has 0 aromatic heterocycles. The van der Waals surface area contributed by atoms with Crippen molar-refractivity contribution in [3.8, 4) is 5.75 Å². The van der Waals surface area contributed by atoms with Crippen molar-refractivity contribution in [1.29, 1.82) is 0 Å². The molecule has 0 amide bonds. The van der Waals surface area contributed by atoms with Crippen molar-refractivity contribution in [1.82, 2.24) is 0 Å². The molecular weight excluding hydrogens is 248 g/mol. The van der Waals surface area contributed by atoms with E-state index < -0.39 is 0 Å². The fourth-order valence-corrected chi connectivity index (χ4v) is 4.86. The van der Waals surface area contributed by atoms with Gasteiger partial charge in [-0.05, 0) is 60.3 Å². The Kier molecular flexibility index (Phi) is 2.42. The predicted molar refractivity (Wildman–Crippen MR) is 78.4 cm³/mol. The van der Waals surface area contributed by atoms with Gasteiger partial charge in [-0.15, -0.1) is 0 Å². The van der Waals surface area contributed by atoms with Crippen LogP contribution in [0.3, 0.4) is 0 Å². The van der Waals surface area contributed by atoms with E-state index in [1.165, 1.54) is 5.56 Å². The molecule has 1 aromatic rings. The molecule has 2 heteroatoms. The second-order valence-corrected chi connectivity index (χ2v) is 6.88. The normalized spacial score (nSPS) is 38.2. The van der Waals surface area contributed by atoms with E-state index in [1.54, 1.807) is 6.07 Å². The number of hydrogen-bond donors (Lipinski definition) is 1. The number of phenols is 1. The Labute approximate surface area is 119 Å². The van der Waals surface area contributed by atoms with Crippen LogP contribution in [0.5, 0.6) is 5.75 Å². The number of hydrogen-bond acceptors (Lipinski definition) is 2. The largest absolute Gasteiger partial charge is 0.508 e. The minimum absolute atomic E-state index is 0.0834. The Balaban J connectivity index is 1.77. The number of carbonyl (C=O) groups excluding carboxylic acids is 1. The summed E-state index contributed by atoms with van der Waals surface area (Å²) in [5, 5.41) is 9.63. The number of allylic oxidation sites excluding steroid dienone is 1. The number of carbonyl (C=O) groups is 1. The zero-order valence-corrected chi connectivity index (χ0v) is 11.8. The number of aromatic hydroxyl groups is 1. The van der Waals surface area contributed by atoms with Gasteiger partial charge in [-0.3, -0.25) is 4.79 Å². The van der Waals surface area contributed by atoms with Crippen molar-refractivity contribution >= 4 is 11.9 Å². The average molecular weight is 268 g/mol. The van der Waals surface area contributed by atoms with E-state index in [0.717, 1.165) is 31.2 Å². The Morgan fingerprint density at radius 3 is 3.00 bits per heavy atom. The zero-order valence-electron chi connectivity index (χ0n) is 11.8. The summed E-state index contributed by atoms with van der Waals surface area (Å²) < 4.78 is 0. The summed E-state index contributed by atoms with van der Waals surface area (Å²) >= 11 is 0. The van der Waals surface area contributed by atoms with Crippen molar-refractivity contribution in [2.24, 2.45) is 17.3 Å². The van der Waals surface area contributed by atoms with Gasteiger partial charge in [0.2, 0.25) is 0 Å². The zero-order chi connectivity index (χ0) is 13.9. The van der Waals surface area contributed by atoms with Gasteiger partial charge in [-0.2, -0.15) is 0 Å². The molecule has 1 aromatic carbocycles. The molecule has 3 aliphatic carbocycles. The lowest BCUT2D eigenvalue weighted by atomic mass is 9.57. The summed E-state index contributed by atoms with van der Waals surface area (Å²) in [6.45, 7) is 2.18. The molecule has 2 fully saturated rings. The summed E-state index contributed by atoms with van der Waals surface area (Å²) in [5.41, 5.74) is 2.43. The first kappa shape index (κ1) is 12.2. The molecule has 0 radical (unpaired) electrons. The van der Waals surface area contributed by atoms with Crippen LogP contribution in [0, 0.1) is 17.3 Å². The highest BCUT2D eigenvalue weighted by Gasteiger charge is 2.53. The molecule has 2 saturated carbocycles. The second kappa shape index (κ2) is 3.97. The van der Waals surface area contributed by atoms with Crippen LogP contribution in [0.1, 0.15) is 49.7 Å². The van der Waals surface area contributed by atoms with Gasteiger partial charge in [0.1, 0.15) is 11.5 Å². The standard InChI is InChI=1S/C18H20O2/c1-18-9-8-14-13-5-3-12(19)10-11(13)2-4-15(14)16(18)6-7-17(18)20/h2-5,10,14-16,19H,6-9H2,1H3/t14-,15+,16-,18+/m1/s1. The lowest BCUT2D eigenvalue weighted by Gasteiger charge is -2.46. The van der Waals surface area contributed by atoms with Crippen LogP contribution in [-0.4, -0.2) is 10.9 Å². The first-order valence-corrected chi connectivity index (χ1v) is 7.64.